The molecule has 0 aromatic heterocycles. The fourth-order valence-electron chi connectivity index (χ4n) is 2.24. The van der Waals surface area contributed by atoms with E-state index in [1.807, 2.05) is 6.26 Å². The summed E-state index contributed by atoms with van der Waals surface area (Å²) in [4.78, 5) is 11.6. The second kappa shape index (κ2) is 6.50. The molecule has 1 saturated heterocycles. The highest BCUT2D eigenvalue weighted by Crippen LogP contribution is 2.28. The van der Waals surface area contributed by atoms with Crippen LogP contribution in [0.3, 0.4) is 0 Å². The molecule has 0 spiro atoms. The highest BCUT2D eigenvalue weighted by molar-refractivity contribution is 7.98. The second-order valence-corrected chi connectivity index (χ2v) is 5.95. The predicted molar refractivity (Wildman–Crippen MR) is 67.6 cm³/mol. The van der Waals surface area contributed by atoms with Crippen molar-refractivity contribution in [2.75, 3.05) is 25.1 Å². The Balaban J connectivity index is 2.39. The third-order valence-corrected chi connectivity index (χ3v) is 3.92. The highest BCUT2D eigenvalue weighted by Gasteiger charge is 2.34. The maximum atomic E-state index is 11.6. The third-order valence-electron chi connectivity index (χ3n) is 3.31. The molecule has 2 N–H and O–H groups in total. The molecule has 0 radical (unpaired) electrons. The molecule has 1 aliphatic heterocycles. The lowest BCUT2D eigenvalue weighted by atomic mass is 9.83. The van der Waals surface area contributed by atoms with Gasteiger partial charge in [-0.15, -0.1) is 0 Å². The number of hydrogen-bond donors (Lipinski definition) is 1. The Bertz CT molecular complexity index is 225. The first kappa shape index (κ1) is 13.8. The van der Waals surface area contributed by atoms with E-state index in [-0.39, 0.29) is 11.6 Å². The Hall–Kier alpha value is -0.220. The van der Waals surface area contributed by atoms with E-state index in [0.717, 1.165) is 31.7 Å². The average molecular weight is 246 g/mol. The van der Waals surface area contributed by atoms with Crippen LogP contribution in [-0.2, 0) is 9.53 Å². The topological polar surface area (TPSA) is 42.9 Å². The number of hydrogen-bond acceptors (Lipinski definition) is 3. The van der Waals surface area contributed by atoms with Gasteiger partial charge in [0.2, 0.25) is 0 Å². The van der Waals surface area contributed by atoms with Crippen LogP contribution in [0, 0.1) is 5.92 Å². The van der Waals surface area contributed by atoms with Crippen LogP contribution in [-0.4, -0.2) is 36.7 Å². The molecule has 1 rings (SSSR count). The molecule has 0 bridgehead atoms. The molecule has 1 heterocycles. The molecule has 94 valence electrons. The summed E-state index contributed by atoms with van der Waals surface area (Å²) in [6.45, 7) is 6.44. The van der Waals surface area contributed by atoms with E-state index in [2.05, 4.69) is 19.2 Å². The first-order valence-electron chi connectivity index (χ1n) is 6.08. The number of esters is 1. The maximum absolute atomic E-state index is 11.6. The van der Waals surface area contributed by atoms with E-state index in [4.69, 9.17) is 4.74 Å². The van der Waals surface area contributed by atoms with Crippen molar-refractivity contribution in [1.82, 2.24) is 0 Å². The molecule has 16 heavy (non-hydrogen) atoms. The fourth-order valence-corrected chi connectivity index (χ4v) is 2.61. The molecule has 3 nitrogen and oxygen atoms in total. The van der Waals surface area contributed by atoms with Gasteiger partial charge >= 0.3 is 5.97 Å². The lowest BCUT2D eigenvalue weighted by molar-refractivity contribution is -0.665. The van der Waals surface area contributed by atoms with Crippen molar-refractivity contribution in [3.8, 4) is 0 Å². The first-order chi connectivity index (χ1) is 7.56. The molecular weight excluding hydrogens is 222 g/mol. The van der Waals surface area contributed by atoms with Crippen molar-refractivity contribution in [1.29, 1.82) is 0 Å². The summed E-state index contributed by atoms with van der Waals surface area (Å²) in [5, 5.41) is 2.34. The quantitative estimate of drug-likeness (QED) is 0.737. The van der Waals surface area contributed by atoms with Gasteiger partial charge in [-0.25, -0.2) is 0 Å². The molecule has 0 unspecified atom stereocenters. The molecule has 1 aliphatic rings. The third kappa shape index (κ3) is 4.34. The van der Waals surface area contributed by atoms with Crippen molar-refractivity contribution >= 4 is 17.7 Å². The highest BCUT2D eigenvalue weighted by atomic mass is 32.2. The van der Waals surface area contributed by atoms with Gasteiger partial charge in [-0.1, -0.05) is 0 Å². The summed E-state index contributed by atoms with van der Waals surface area (Å²) in [7, 11) is 0. The number of carbonyl (C=O) groups is 1. The minimum Gasteiger partial charge on any atom is -0.459 e. The lowest BCUT2D eigenvalue weighted by Crippen LogP contribution is -2.86. The van der Waals surface area contributed by atoms with Gasteiger partial charge < -0.3 is 10.1 Å². The number of thioether (sulfide) groups is 1. The summed E-state index contributed by atoms with van der Waals surface area (Å²) in [6, 6.07) is 0. The summed E-state index contributed by atoms with van der Waals surface area (Å²) in [5.41, 5.74) is -0.288. The zero-order valence-electron chi connectivity index (χ0n) is 10.6. The van der Waals surface area contributed by atoms with Crippen LogP contribution in [0.4, 0.5) is 0 Å². The minimum atomic E-state index is -0.288. The molecule has 0 aromatic carbocycles. The maximum Gasteiger partial charge on any atom is 0.307 e. The van der Waals surface area contributed by atoms with E-state index >= 15 is 0 Å². The number of rotatable bonds is 5. The van der Waals surface area contributed by atoms with Crippen LogP contribution < -0.4 is 5.32 Å². The molecule has 0 aromatic rings. The summed E-state index contributed by atoms with van der Waals surface area (Å²) < 4.78 is 5.61. The minimum absolute atomic E-state index is 0.0473. The molecule has 0 aliphatic carbocycles. The van der Waals surface area contributed by atoms with Crippen LogP contribution in [0.2, 0.25) is 0 Å². The SMILES string of the molecule is CSCCC(=O)OC(C)(C)C1CC[NH2+]CC1. The van der Waals surface area contributed by atoms with Crippen LogP contribution in [0.5, 0.6) is 0 Å². The van der Waals surface area contributed by atoms with Crippen molar-refractivity contribution in [2.24, 2.45) is 5.92 Å². The zero-order valence-corrected chi connectivity index (χ0v) is 11.4. The summed E-state index contributed by atoms with van der Waals surface area (Å²) in [5.74, 6) is 1.33. The van der Waals surface area contributed by atoms with E-state index in [1.54, 1.807) is 11.8 Å². The van der Waals surface area contributed by atoms with Gasteiger partial charge in [0.05, 0.1) is 19.5 Å². The monoisotopic (exact) mass is 246 g/mol. The number of nitrogens with two attached hydrogens (primary N) is 1. The number of ether oxygens (including phenoxy) is 1. The lowest BCUT2D eigenvalue weighted by Gasteiger charge is -2.35. The molecule has 1 fully saturated rings. The molecule has 0 saturated carbocycles. The van der Waals surface area contributed by atoms with Crippen LogP contribution in [0.25, 0.3) is 0 Å². The predicted octanol–water partition coefficient (Wildman–Crippen LogP) is 1.03. The number of piperidine rings is 1. The fraction of sp³-hybridized carbons (Fsp3) is 0.917. The Morgan fingerprint density at radius 2 is 2.06 bits per heavy atom. The standard InChI is InChI=1S/C12H23NO2S/c1-12(2,10-4-7-13-8-5-10)15-11(14)6-9-16-3/h10,13H,4-9H2,1-3H3/p+1. The van der Waals surface area contributed by atoms with E-state index in [0.29, 0.717) is 12.3 Å². The first-order valence-corrected chi connectivity index (χ1v) is 7.48. The Kier molecular flexibility index (Phi) is 5.62. The summed E-state index contributed by atoms with van der Waals surface area (Å²) in [6.07, 6.45) is 4.85. The van der Waals surface area contributed by atoms with Crippen LogP contribution in [0.15, 0.2) is 0 Å². The largest absolute Gasteiger partial charge is 0.459 e. The van der Waals surface area contributed by atoms with Gasteiger partial charge in [0.15, 0.2) is 0 Å². The average Bonchev–Trinajstić information content (AvgIpc) is 2.27. The zero-order chi connectivity index (χ0) is 12.0. The Labute approximate surface area is 103 Å². The van der Waals surface area contributed by atoms with Crippen molar-refractivity contribution in [3.63, 3.8) is 0 Å². The molecule has 0 amide bonds. The van der Waals surface area contributed by atoms with Crippen molar-refractivity contribution in [2.45, 2.75) is 38.7 Å². The second-order valence-electron chi connectivity index (χ2n) is 4.96. The van der Waals surface area contributed by atoms with Gasteiger partial charge in [-0.3, -0.25) is 4.79 Å². The number of carbonyl (C=O) groups excluding carboxylic acids is 1. The Morgan fingerprint density at radius 3 is 2.62 bits per heavy atom. The molecule has 0 atom stereocenters. The smallest absolute Gasteiger partial charge is 0.307 e. The number of quaternary nitrogens is 1. The molecular formula is C12H24NO2S+. The Morgan fingerprint density at radius 1 is 1.44 bits per heavy atom. The van der Waals surface area contributed by atoms with Crippen molar-refractivity contribution < 1.29 is 14.8 Å². The van der Waals surface area contributed by atoms with Crippen LogP contribution in [0.1, 0.15) is 33.1 Å². The van der Waals surface area contributed by atoms with Gasteiger partial charge in [-0.2, -0.15) is 11.8 Å². The van der Waals surface area contributed by atoms with E-state index < -0.39 is 0 Å². The van der Waals surface area contributed by atoms with Crippen LogP contribution >= 0.6 is 11.8 Å². The van der Waals surface area contributed by atoms with Gasteiger partial charge in [0.25, 0.3) is 0 Å². The summed E-state index contributed by atoms with van der Waals surface area (Å²) >= 11 is 1.69. The van der Waals surface area contributed by atoms with Gasteiger partial charge in [0.1, 0.15) is 5.60 Å². The molecule has 4 heteroatoms. The van der Waals surface area contributed by atoms with Crippen molar-refractivity contribution in [3.05, 3.63) is 0 Å². The normalized spacial score (nSPS) is 18.4. The van der Waals surface area contributed by atoms with E-state index in [9.17, 15) is 4.79 Å². The van der Waals surface area contributed by atoms with Gasteiger partial charge in [0, 0.05) is 24.5 Å². The van der Waals surface area contributed by atoms with Gasteiger partial charge in [-0.05, 0) is 20.1 Å². The van der Waals surface area contributed by atoms with E-state index in [1.165, 1.54) is 0 Å².